The van der Waals surface area contributed by atoms with Gasteiger partial charge in [0, 0.05) is 6.54 Å². The number of hydrogen-bond acceptors (Lipinski definition) is 8. The first-order valence-corrected chi connectivity index (χ1v) is 11.2. The van der Waals surface area contributed by atoms with Crippen LogP contribution in [0.3, 0.4) is 0 Å². The molecule has 2 heterocycles. The normalized spacial score (nSPS) is 13.8. The van der Waals surface area contributed by atoms with Gasteiger partial charge in [0.1, 0.15) is 17.9 Å². The fourth-order valence-corrected chi connectivity index (χ4v) is 4.35. The third kappa shape index (κ3) is 4.66. The van der Waals surface area contributed by atoms with Crippen LogP contribution in [0.2, 0.25) is 0 Å². The Bertz CT molecular complexity index is 1310. The van der Waals surface area contributed by atoms with E-state index in [4.69, 9.17) is 23.5 Å². The van der Waals surface area contributed by atoms with E-state index in [1.807, 2.05) is 32.0 Å². The van der Waals surface area contributed by atoms with E-state index in [2.05, 4.69) is 11.2 Å². The number of nitrogens with zero attached hydrogens (tertiary/aromatic N) is 2. The molecule has 1 aliphatic rings. The number of esters is 1. The standard InChI is InChI=1S/C26H28N2O7/c1-15-11-18(14-21(22(15)31-3)25(29)33-5)19(7-6-8-28-9-10-34-26(28)30)17-12-16(2)23-20(13-17)24(32-4)27-35-23/h7,11-14H,6,8-10H2,1-5H3/b19-7+. The molecule has 1 aliphatic heterocycles. The Labute approximate surface area is 203 Å². The van der Waals surface area contributed by atoms with E-state index in [-0.39, 0.29) is 6.09 Å². The zero-order chi connectivity index (χ0) is 25.1. The van der Waals surface area contributed by atoms with Gasteiger partial charge >= 0.3 is 12.1 Å². The van der Waals surface area contributed by atoms with Crippen molar-refractivity contribution in [3.63, 3.8) is 0 Å². The zero-order valence-corrected chi connectivity index (χ0v) is 20.5. The summed E-state index contributed by atoms with van der Waals surface area (Å²) < 4.78 is 26.4. The molecule has 35 heavy (non-hydrogen) atoms. The lowest BCUT2D eigenvalue weighted by atomic mass is 9.91. The van der Waals surface area contributed by atoms with Gasteiger partial charge in [-0.3, -0.25) is 0 Å². The molecule has 9 nitrogen and oxygen atoms in total. The molecule has 0 aliphatic carbocycles. The predicted octanol–water partition coefficient (Wildman–Crippen LogP) is 4.52. The molecular formula is C26H28N2O7. The van der Waals surface area contributed by atoms with Crippen LogP contribution in [0.4, 0.5) is 4.79 Å². The van der Waals surface area contributed by atoms with Crippen LogP contribution < -0.4 is 9.47 Å². The van der Waals surface area contributed by atoms with Crippen LogP contribution >= 0.6 is 0 Å². The van der Waals surface area contributed by atoms with Crippen molar-refractivity contribution in [1.82, 2.24) is 10.1 Å². The van der Waals surface area contributed by atoms with Crippen molar-refractivity contribution >= 4 is 28.6 Å². The summed E-state index contributed by atoms with van der Waals surface area (Å²) in [5.41, 5.74) is 5.23. The molecule has 0 bridgehead atoms. The minimum absolute atomic E-state index is 0.306. The average Bonchev–Trinajstić information content (AvgIpc) is 3.46. The van der Waals surface area contributed by atoms with Gasteiger partial charge in [-0.25, -0.2) is 9.59 Å². The molecule has 4 rings (SSSR count). The molecule has 0 atom stereocenters. The average molecular weight is 481 g/mol. The lowest BCUT2D eigenvalue weighted by Crippen LogP contribution is -2.24. The zero-order valence-electron chi connectivity index (χ0n) is 20.5. The van der Waals surface area contributed by atoms with E-state index in [9.17, 15) is 9.59 Å². The Balaban J connectivity index is 1.85. The fourth-order valence-electron chi connectivity index (χ4n) is 4.35. The number of aromatic nitrogens is 1. The summed E-state index contributed by atoms with van der Waals surface area (Å²) in [5.74, 6) is 0.371. The molecule has 0 unspecified atom stereocenters. The number of carbonyl (C=O) groups excluding carboxylic acids is 2. The van der Waals surface area contributed by atoms with E-state index in [1.54, 1.807) is 18.1 Å². The number of aryl methyl sites for hydroxylation is 2. The Kier molecular flexibility index (Phi) is 6.95. The van der Waals surface area contributed by atoms with Crippen molar-refractivity contribution < 1.29 is 33.1 Å². The lowest BCUT2D eigenvalue weighted by molar-refractivity contribution is 0.0596. The number of ether oxygens (including phenoxy) is 4. The molecular weight excluding hydrogens is 452 g/mol. The maximum Gasteiger partial charge on any atom is 0.409 e. The van der Waals surface area contributed by atoms with Crippen LogP contribution in [0.15, 0.2) is 34.9 Å². The summed E-state index contributed by atoms with van der Waals surface area (Å²) in [7, 11) is 4.40. The lowest BCUT2D eigenvalue weighted by Gasteiger charge is -2.17. The monoisotopic (exact) mass is 480 g/mol. The molecule has 1 amide bonds. The molecule has 0 radical (unpaired) electrons. The van der Waals surface area contributed by atoms with Gasteiger partial charge in [0.05, 0.1) is 33.3 Å². The van der Waals surface area contributed by atoms with Crippen molar-refractivity contribution in [3.05, 3.63) is 58.2 Å². The highest BCUT2D eigenvalue weighted by atomic mass is 16.6. The highest BCUT2D eigenvalue weighted by Gasteiger charge is 2.22. The molecule has 0 N–H and O–H groups in total. The molecule has 0 spiro atoms. The predicted molar refractivity (Wildman–Crippen MR) is 129 cm³/mol. The van der Waals surface area contributed by atoms with Gasteiger partial charge in [0.15, 0.2) is 5.58 Å². The van der Waals surface area contributed by atoms with E-state index >= 15 is 0 Å². The van der Waals surface area contributed by atoms with Crippen molar-refractivity contribution in [2.45, 2.75) is 20.3 Å². The molecule has 0 saturated carbocycles. The number of benzene rings is 2. The summed E-state index contributed by atoms with van der Waals surface area (Å²) in [5, 5.41) is 4.75. The molecule has 184 valence electrons. The highest BCUT2D eigenvalue weighted by Crippen LogP contribution is 2.36. The van der Waals surface area contributed by atoms with Crippen molar-refractivity contribution in [2.24, 2.45) is 0 Å². The second kappa shape index (κ2) is 10.1. The minimum atomic E-state index is -0.488. The Morgan fingerprint density at radius 3 is 2.49 bits per heavy atom. The molecule has 1 fully saturated rings. The van der Waals surface area contributed by atoms with Gasteiger partial charge in [0.25, 0.3) is 5.88 Å². The molecule has 2 aromatic carbocycles. The van der Waals surface area contributed by atoms with Crippen LogP contribution in [-0.2, 0) is 9.47 Å². The van der Waals surface area contributed by atoms with Crippen molar-refractivity contribution in [1.29, 1.82) is 0 Å². The minimum Gasteiger partial charge on any atom is -0.496 e. The first kappa shape index (κ1) is 24.1. The number of cyclic esters (lactones) is 1. The van der Waals surface area contributed by atoms with Crippen molar-refractivity contribution in [3.8, 4) is 11.6 Å². The highest BCUT2D eigenvalue weighted by molar-refractivity contribution is 5.96. The van der Waals surface area contributed by atoms with Crippen molar-refractivity contribution in [2.75, 3.05) is 41.0 Å². The first-order chi connectivity index (χ1) is 16.9. The quantitative estimate of drug-likeness (QED) is 0.434. The third-order valence-electron chi connectivity index (χ3n) is 6.02. The summed E-state index contributed by atoms with van der Waals surface area (Å²) in [6.07, 6.45) is 2.33. The Morgan fingerprint density at radius 2 is 1.83 bits per heavy atom. The smallest absolute Gasteiger partial charge is 0.409 e. The maximum absolute atomic E-state index is 12.5. The van der Waals surface area contributed by atoms with Gasteiger partial charge < -0.3 is 28.4 Å². The van der Waals surface area contributed by atoms with E-state index in [1.165, 1.54) is 14.2 Å². The first-order valence-electron chi connectivity index (χ1n) is 11.2. The fraction of sp³-hybridized carbons (Fsp3) is 0.346. The molecule has 1 aromatic heterocycles. The molecule has 9 heteroatoms. The number of methoxy groups -OCH3 is 3. The van der Waals surface area contributed by atoms with Crippen LogP contribution in [0.25, 0.3) is 16.5 Å². The van der Waals surface area contributed by atoms with Gasteiger partial charge in [-0.05, 0) is 77.5 Å². The third-order valence-corrected chi connectivity index (χ3v) is 6.02. The summed E-state index contributed by atoms with van der Waals surface area (Å²) in [4.78, 5) is 26.1. The largest absolute Gasteiger partial charge is 0.496 e. The van der Waals surface area contributed by atoms with E-state index in [0.29, 0.717) is 48.9 Å². The number of fused-ring (bicyclic) bond motifs is 1. The second-order valence-electron chi connectivity index (χ2n) is 8.24. The summed E-state index contributed by atoms with van der Waals surface area (Å²) in [6, 6.07) is 7.68. The van der Waals surface area contributed by atoms with Crippen LogP contribution in [-0.4, -0.2) is 63.1 Å². The Hall–Kier alpha value is -4.01. The SMILES string of the molecule is COC(=O)c1cc(/C(=C/CCN2CCOC2=O)c2cc(C)c3onc(OC)c3c2)cc(C)c1OC. The van der Waals surface area contributed by atoms with E-state index in [0.717, 1.165) is 33.2 Å². The maximum atomic E-state index is 12.5. The number of hydrogen-bond donors (Lipinski definition) is 0. The topological polar surface area (TPSA) is 100 Å². The molecule has 1 saturated heterocycles. The summed E-state index contributed by atoms with van der Waals surface area (Å²) >= 11 is 0. The summed E-state index contributed by atoms with van der Waals surface area (Å²) in [6.45, 7) is 5.30. The van der Waals surface area contributed by atoms with Gasteiger partial charge in [-0.2, -0.15) is 0 Å². The van der Waals surface area contributed by atoms with Gasteiger partial charge in [-0.1, -0.05) is 6.08 Å². The van der Waals surface area contributed by atoms with Crippen LogP contribution in [0, 0.1) is 13.8 Å². The van der Waals surface area contributed by atoms with E-state index < -0.39 is 5.97 Å². The number of rotatable bonds is 8. The number of amides is 1. The Morgan fingerprint density at radius 1 is 1.09 bits per heavy atom. The van der Waals surface area contributed by atoms with Crippen LogP contribution in [0.1, 0.15) is 39.0 Å². The number of carbonyl (C=O) groups is 2. The second-order valence-corrected chi connectivity index (χ2v) is 8.24. The van der Waals surface area contributed by atoms with Gasteiger partial charge in [0.2, 0.25) is 0 Å². The van der Waals surface area contributed by atoms with Gasteiger partial charge in [-0.15, -0.1) is 0 Å². The molecule has 3 aromatic rings. The van der Waals surface area contributed by atoms with Crippen LogP contribution in [0.5, 0.6) is 11.6 Å².